The minimum Gasteiger partial charge on any atom is -0.381 e. The van der Waals surface area contributed by atoms with Crippen LogP contribution >= 0.6 is 0 Å². The summed E-state index contributed by atoms with van der Waals surface area (Å²) in [6.07, 6.45) is 14.8. The van der Waals surface area contributed by atoms with E-state index in [-0.39, 0.29) is 0 Å². The second-order valence-electron chi connectivity index (χ2n) is 7.25. The van der Waals surface area contributed by atoms with Gasteiger partial charge >= 0.3 is 0 Å². The Morgan fingerprint density at radius 1 is 0.737 bits per heavy atom. The molecule has 0 aliphatic heterocycles. The van der Waals surface area contributed by atoms with Crippen molar-refractivity contribution < 1.29 is 4.74 Å². The lowest BCUT2D eigenvalue weighted by Gasteiger charge is -2.31. The first-order valence-corrected chi connectivity index (χ1v) is 8.85. The molecule has 2 fully saturated rings. The second-order valence-corrected chi connectivity index (χ2v) is 7.25. The third-order valence-electron chi connectivity index (χ3n) is 5.64. The predicted octanol–water partition coefficient (Wildman–Crippen LogP) is 5.44. The molecular formula is C18H34O. The fourth-order valence-corrected chi connectivity index (χ4v) is 4.06. The van der Waals surface area contributed by atoms with E-state index in [9.17, 15) is 0 Å². The van der Waals surface area contributed by atoms with Gasteiger partial charge in [-0.1, -0.05) is 58.3 Å². The summed E-state index contributed by atoms with van der Waals surface area (Å²) in [5.74, 6) is 3.98. The monoisotopic (exact) mass is 266 g/mol. The SMILES string of the molecule is CCOCC1CCC(CCC2CCC(C)CC2)CC1. The van der Waals surface area contributed by atoms with Crippen LogP contribution in [0.2, 0.25) is 0 Å². The average molecular weight is 266 g/mol. The summed E-state index contributed by atoms with van der Waals surface area (Å²) < 4.78 is 5.57. The Morgan fingerprint density at radius 2 is 1.21 bits per heavy atom. The van der Waals surface area contributed by atoms with Gasteiger partial charge in [-0.3, -0.25) is 0 Å². The smallest absolute Gasteiger partial charge is 0.0494 e. The molecular weight excluding hydrogens is 232 g/mol. The van der Waals surface area contributed by atoms with E-state index in [0.29, 0.717) is 0 Å². The maximum atomic E-state index is 5.57. The van der Waals surface area contributed by atoms with Crippen molar-refractivity contribution in [2.24, 2.45) is 23.7 Å². The van der Waals surface area contributed by atoms with Crippen molar-refractivity contribution in [2.75, 3.05) is 13.2 Å². The van der Waals surface area contributed by atoms with Gasteiger partial charge in [-0.15, -0.1) is 0 Å². The molecule has 19 heavy (non-hydrogen) atoms. The van der Waals surface area contributed by atoms with Gasteiger partial charge in [-0.25, -0.2) is 0 Å². The molecule has 0 radical (unpaired) electrons. The lowest BCUT2D eigenvalue weighted by Crippen LogP contribution is -2.20. The molecule has 0 aromatic heterocycles. The Hall–Kier alpha value is -0.0400. The Kier molecular flexibility index (Phi) is 6.70. The van der Waals surface area contributed by atoms with Gasteiger partial charge < -0.3 is 4.74 Å². The fraction of sp³-hybridized carbons (Fsp3) is 1.00. The molecule has 0 amide bonds. The minimum absolute atomic E-state index is 0.867. The van der Waals surface area contributed by atoms with E-state index in [0.717, 1.165) is 36.9 Å². The maximum absolute atomic E-state index is 5.57. The first-order valence-electron chi connectivity index (χ1n) is 8.85. The minimum atomic E-state index is 0.867. The zero-order valence-corrected chi connectivity index (χ0v) is 13.2. The van der Waals surface area contributed by atoms with Crippen LogP contribution in [0.1, 0.15) is 78.1 Å². The number of hydrogen-bond acceptors (Lipinski definition) is 1. The lowest BCUT2D eigenvalue weighted by atomic mass is 9.76. The number of ether oxygens (including phenoxy) is 1. The molecule has 0 N–H and O–H groups in total. The molecule has 0 aromatic carbocycles. The number of rotatable bonds is 6. The van der Waals surface area contributed by atoms with E-state index < -0.39 is 0 Å². The Balaban J connectivity index is 1.55. The molecule has 0 heterocycles. The molecule has 1 nitrogen and oxygen atoms in total. The Morgan fingerprint density at radius 3 is 1.74 bits per heavy atom. The first kappa shape index (κ1) is 15.4. The highest BCUT2D eigenvalue weighted by Crippen LogP contribution is 2.36. The van der Waals surface area contributed by atoms with Gasteiger partial charge in [-0.2, -0.15) is 0 Å². The second kappa shape index (κ2) is 8.29. The molecule has 112 valence electrons. The zero-order chi connectivity index (χ0) is 13.5. The van der Waals surface area contributed by atoms with Crippen LogP contribution in [-0.2, 0) is 4.74 Å². The van der Waals surface area contributed by atoms with Gasteiger partial charge in [0.2, 0.25) is 0 Å². The largest absolute Gasteiger partial charge is 0.381 e. The van der Waals surface area contributed by atoms with Crippen molar-refractivity contribution >= 4 is 0 Å². The first-order chi connectivity index (χ1) is 9.28. The molecule has 1 heteroatoms. The van der Waals surface area contributed by atoms with Crippen LogP contribution in [0.15, 0.2) is 0 Å². The van der Waals surface area contributed by atoms with E-state index >= 15 is 0 Å². The molecule has 0 atom stereocenters. The Labute approximate surface area is 120 Å². The van der Waals surface area contributed by atoms with Gasteiger partial charge in [0.25, 0.3) is 0 Å². The van der Waals surface area contributed by atoms with Crippen LogP contribution in [-0.4, -0.2) is 13.2 Å². The van der Waals surface area contributed by atoms with Crippen molar-refractivity contribution in [3.63, 3.8) is 0 Å². The van der Waals surface area contributed by atoms with Gasteiger partial charge in [0.05, 0.1) is 0 Å². The van der Waals surface area contributed by atoms with Crippen molar-refractivity contribution in [3.05, 3.63) is 0 Å². The van der Waals surface area contributed by atoms with E-state index in [1.165, 1.54) is 64.2 Å². The number of hydrogen-bond donors (Lipinski definition) is 0. The van der Waals surface area contributed by atoms with Crippen molar-refractivity contribution in [1.29, 1.82) is 0 Å². The van der Waals surface area contributed by atoms with Crippen molar-refractivity contribution in [3.8, 4) is 0 Å². The molecule has 2 rings (SSSR count). The van der Waals surface area contributed by atoms with Gasteiger partial charge in [0.15, 0.2) is 0 Å². The highest BCUT2D eigenvalue weighted by atomic mass is 16.5. The molecule has 0 unspecified atom stereocenters. The van der Waals surface area contributed by atoms with E-state index in [2.05, 4.69) is 13.8 Å². The van der Waals surface area contributed by atoms with Crippen LogP contribution in [0.5, 0.6) is 0 Å². The van der Waals surface area contributed by atoms with Gasteiger partial charge in [0, 0.05) is 13.2 Å². The molecule has 0 spiro atoms. The van der Waals surface area contributed by atoms with E-state index in [1.807, 2.05) is 0 Å². The lowest BCUT2D eigenvalue weighted by molar-refractivity contribution is 0.0843. The maximum Gasteiger partial charge on any atom is 0.0494 e. The van der Waals surface area contributed by atoms with Crippen LogP contribution in [0, 0.1) is 23.7 Å². The van der Waals surface area contributed by atoms with Crippen molar-refractivity contribution in [1.82, 2.24) is 0 Å². The summed E-state index contributed by atoms with van der Waals surface area (Å²) in [6.45, 7) is 6.44. The summed E-state index contributed by atoms with van der Waals surface area (Å²) in [5, 5.41) is 0. The Bertz CT molecular complexity index is 222. The summed E-state index contributed by atoms with van der Waals surface area (Å²) >= 11 is 0. The van der Waals surface area contributed by atoms with Crippen LogP contribution in [0.4, 0.5) is 0 Å². The quantitative estimate of drug-likeness (QED) is 0.622. The van der Waals surface area contributed by atoms with E-state index in [4.69, 9.17) is 4.74 Å². The predicted molar refractivity (Wildman–Crippen MR) is 82.3 cm³/mol. The van der Waals surface area contributed by atoms with Gasteiger partial charge in [-0.05, 0) is 43.4 Å². The molecule has 2 saturated carbocycles. The highest BCUT2D eigenvalue weighted by molar-refractivity contribution is 4.75. The topological polar surface area (TPSA) is 9.23 Å². The molecule has 2 aliphatic carbocycles. The fourth-order valence-electron chi connectivity index (χ4n) is 4.06. The summed E-state index contributed by atoms with van der Waals surface area (Å²) in [7, 11) is 0. The summed E-state index contributed by atoms with van der Waals surface area (Å²) in [6, 6.07) is 0. The van der Waals surface area contributed by atoms with Crippen LogP contribution in [0.3, 0.4) is 0 Å². The standard InChI is InChI=1S/C18H34O/c1-3-19-14-18-12-10-17(11-13-18)9-8-16-6-4-15(2)5-7-16/h15-18H,3-14H2,1-2H3. The third kappa shape index (κ3) is 5.45. The molecule has 0 aromatic rings. The molecule has 0 saturated heterocycles. The summed E-state index contributed by atoms with van der Waals surface area (Å²) in [4.78, 5) is 0. The highest BCUT2D eigenvalue weighted by Gasteiger charge is 2.23. The zero-order valence-electron chi connectivity index (χ0n) is 13.2. The molecule has 2 aliphatic rings. The normalized spacial score (nSPS) is 36.3. The average Bonchev–Trinajstić information content (AvgIpc) is 2.46. The van der Waals surface area contributed by atoms with Crippen molar-refractivity contribution in [2.45, 2.75) is 78.1 Å². The van der Waals surface area contributed by atoms with Gasteiger partial charge in [0.1, 0.15) is 0 Å². The van der Waals surface area contributed by atoms with Crippen LogP contribution in [0.25, 0.3) is 0 Å². The third-order valence-corrected chi connectivity index (χ3v) is 5.64. The van der Waals surface area contributed by atoms with Crippen LogP contribution < -0.4 is 0 Å². The molecule has 0 bridgehead atoms. The summed E-state index contributed by atoms with van der Waals surface area (Å²) in [5.41, 5.74) is 0. The van der Waals surface area contributed by atoms with E-state index in [1.54, 1.807) is 0 Å².